The van der Waals surface area contributed by atoms with E-state index in [1.165, 1.54) is 11.3 Å². The Labute approximate surface area is 213 Å². The van der Waals surface area contributed by atoms with Gasteiger partial charge >= 0.3 is 5.97 Å². The van der Waals surface area contributed by atoms with Crippen LogP contribution in [0.25, 0.3) is 17.4 Å². The molecular weight excluding hydrogens is 528 g/mol. The molecule has 0 aliphatic carbocycles. The van der Waals surface area contributed by atoms with Gasteiger partial charge in [-0.1, -0.05) is 69.7 Å². The molecule has 8 heteroatoms. The monoisotopic (exact) mass is 548 g/mol. The molecule has 4 aromatic rings. The Hall–Kier alpha value is -3.49. The van der Waals surface area contributed by atoms with Crippen molar-refractivity contribution in [3.8, 4) is 11.3 Å². The molecule has 1 aliphatic rings. The number of hydrogen-bond acceptors (Lipinski definition) is 6. The zero-order chi connectivity index (χ0) is 24.5. The first-order valence-corrected chi connectivity index (χ1v) is 12.7. The Morgan fingerprint density at radius 2 is 1.89 bits per heavy atom. The number of furan rings is 1. The summed E-state index contributed by atoms with van der Waals surface area (Å²) >= 11 is 4.71. The highest BCUT2D eigenvalue weighted by Crippen LogP contribution is 2.30. The second-order valence-corrected chi connectivity index (χ2v) is 9.85. The van der Waals surface area contributed by atoms with Crippen molar-refractivity contribution < 1.29 is 13.9 Å². The maximum atomic E-state index is 13.6. The average molecular weight is 549 g/mol. The highest BCUT2D eigenvalue weighted by atomic mass is 79.9. The second kappa shape index (κ2) is 9.64. The summed E-state index contributed by atoms with van der Waals surface area (Å²) < 4.78 is 14.3. The molecule has 6 nitrogen and oxygen atoms in total. The van der Waals surface area contributed by atoms with Gasteiger partial charge in [0.2, 0.25) is 0 Å². The van der Waals surface area contributed by atoms with Crippen LogP contribution in [0.1, 0.15) is 31.2 Å². The molecule has 0 saturated carbocycles. The molecule has 3 heterocycles. The Morgan fingerprint density at radius 1 is 1.14 bits per heavy atom. The number of allylic oxidation sites excluding steroid dienone is 1. The lowest BCUT2D eigenvalue weighted by molar-refractivity contribution is -0.139. The van der Waals surface area contributed by atoms with Crippen LogP contribution in [0.15, 0.2) is 96.7 Å². The fourth-order valence-electron chi connectivity index (χ4n) is 4.07. The van der Waals surface area contributed by atoms with Crippen LogP contribution in [-0.2, 0) is 9.53 Å². The van der Waals surface area contributed by atoms with Crippen LogP contribution >= 0.6 is 27.3 Å². The van der Waals surface area contributed by atoms with Crippen molar-refractivity contribution in [2.24, 2.45) is 4.99 Å². The van der Waals surface area contributed by atoms with E-state index in [2.05, 4.69) is 20.9 Å². The van der Waals surface area contributed by atoms with Crippen LogP contribution < -0.4 is 14.9 Å². The van der Waals surface area contributed by atoms with Gasteiger partial charge in [-0.15, -0.1) is 0 Å². The van der Waals surface area contributed by atoms with E-state index in [9.17, 15) is 9.59 Å². The summed E-state index contributed by atoms with van der Waals surface area (Å²) in [7, 11) is 0. The summed E-state index contributed by atoms with van der Waals surface area (Å²) in [6.45, 7) is 3.77. The fraction of sp³-hybridized carbons (Fsp3) is 0.148. The third-order valence-electron chi connectivity index (χ3n) is 5.66. The third kappa shape index (κ3) is 4.47. The minimum absolute atomic E-state index is 0.237. The van der Waals surface area contributed by atoms with Gasteiger partial charge in [0.15, 0.2) is 4.80 Å². The minimum atomic E-state index is -0.622. The Kier molecular flexibility index (Phi) is 6.40. The van der Waals surface area contributed by atoms with E-state index in [-0.39, 0.29) is 12.2 Å². The van der Waals surface area contributed by atoms with Gasteiger partial charge in [-0.3, -0.25) is 9.36 Å². The van der Waals surface area contributed by atoms with Gasteiger partial charge in [0.1, 0.15) is 11.5 Å². The molecule has 2 aromatic heterocycles. The predicted octanol–water partition coefficient (Wildman–Crippen LogP) is 4.82. The van der Waals surface area contributed by atoms with E-state index in [1.807, 2.05) is 66.7 Å². The molecule has 1 aliphatic heterocycles. The third-order valence-corrected chi connectivity index (χ3v) is 7.17. The van der Waals surface area contributed by atoms with Gasteiger partial charge in [-0.2, -0.15) is 0 Å². The van der Waals surface area contributed by atoms with Crippen molar-refractivity contribution >= 4 is 39.3 Å². The molecule has 176 valence electrons. The highest BCUT2D eigenvalue weighted by molar-refractivity contribution is 9.10. The summed E-state index contributed by atoms with van der Waals surface area (Å²) in [6, 6.07) is 20.4. The molecule has 0 N–H and O–H groups in total. The predicted molar refractivity (Wildman–Crippen MR) is 139 cm³/mol. The Balaban J connectivity index is 1.62. The lowest BCUT2D eigenvalue weighted by atomic mass is 9.96. The molecule has 2 aromatic carbocycles. The van der Waals surface area contributed by atoms with Crippen molar-refractivity contribution in [2.75, 3.05) is 6.61 Å². The van der Waals surface area contributed by atoms with Crippen LogP contribution in [0.5, 0.6) is 0 Å². The number of hydrogen-bond donors (Lipinski definition) is 0. The summed E-state index contributed by atoms with van der Waals surface area (Å²) in [5.41, 5.74) is 2.42. The Morgan fingerprint density at radius 3 is 2.60 bits per heavy atom. The SMILES string of the molecule is CCOC(=O)C1=C(C)N=c2s/c(=C\c3ccc(-c4ccc(Br)cc4)o3)c(=O)n2[C@@H]1c1ccccc1. The number of carbonyl (C=O) groups excluding carboxylic acids is 1. The quantitative estimate of drug-likeness (QED) is 0.335. The molecule has 0 fully saturated rings. The van der Waals surface area contributed by atoms with Gasteiger partial charge in [-0.05, 0) is 43.7 Å². The molecule has 0 amide bonds. The molecule has 1 atom stereocenters. The number of ether oxygens (including phenoxy) is 1. The van der Waals surface area contributed by atoms with Crippen LogP contribution in [0.2, 0.25) is 0 Å². The standard InChI is InChI=1S/C27H21BrN2O4S/c1-3-33-26(32)23-16(2)29-27-30(24(23)18-7-5-4-6-8-18)25(31)22(35-27)15-20-13-14-21(34-20)17-9-11-19(28)12-10-17/h4-15,24H,3H2,1-2H3/b22-15-/t24-/m1/s1. The summed E-state index contributed by atoms with van der Waals surface area (Å²) in [5, 5.41) is 0. The topological polar surface area (TPSA) is 73.8 Å². The van der Waals surface area contributed by atoms with E-state index in [1.54, 1.807) is 24.5 Å². The Bertz CT molecular complexity index is 1610. The lowest BCUT2D eigenvalue weighted by Gasteiger charge is -2.24. The first-order chi connectivity index (χ1) is 17.0. The van der Waals surface area contributed by atoms with Crippen LogP contribution in [0.4, 0.5) is 0 Å². The summed E-state index contributed by atoms with van der Waals surface area (Å²) in [4.78, 5) is 31.6. The zero-order valence-electron chi connectivity index (χ0n) is 19.0. The summed E-state index contributed by atoms with van der Waals surface area (Å²) in [6.07, 6.45) is 1.72. The van der Waals surface area contributed by atoms with E-state index in [0.29, 0.717) is 32.1 Å². The molecule has 0 saturated heterocycles. The maximum absolute atomic E-state index is 13.6. The number of nitrogens with zero attached hydrogens (tertiary/aromatic N) is 2. The number of benzene rings is 2. The molecule has 0 bridgehead atoms. The van der Waals surface area contributed by atoms with Crippen molar-refractivity contribution in [1.82, 2.24) is 4.57 Å². The van der Waals surface area contributed by atoms with Crippen LogP contribution in [0.3, 0.4) is 0 Å². The van der Waals surface area contributed by atoms with Crippen LogP contribution in [-0.4, -0.2) is 17.1 Å². The van der Waals surface area contributed by atoms with Crippen molar-refractivity contribution in [3.63, 3.8) is 0 Å². The van der Waals surface area contributed by atoms with E-state index in [4.69, 9.17) is 9.15 Å². The van der Waals surface area contributed by atoms with E-state index < -0.39 is 12.0 Å². The second-order valence-electron chi connectivity index (χ2n) is 7.92. The molecule has 0 radical (unpaired) electrons. The van der Waals surface area contributed by atoms with Crippen molar-refractivity contribution in [2.45, 2.75) is 19.9 Å². The first kappa shape index (κ1) is 23.3. The summed E-state index contributed by atoms with van der Waals surface area (Å²) in [5.74, 6) is 0.798. The number of carbonyl (C=O) groups is 1. The van der Waals surface area contributed by atoms with Crippen molar-refractivity contribution in [1.29, 1.82) is 0 Å². The number of rotatable bonds is 5. The average Bonchev–Trinajstić information content (AvgIpc) is 3.44. The fourth-order valence-corrected chi connectivity index (χ4v) is 5.36. The molecule has 35 heavy (non-hydrogen) atoms. The van der Waals surface area contributed by atoms with Gasteiger partial charge in [0, 0.05) is 16.1 Å². The number of aromatic nitrogens is 1. The largest absolute Gasteiger partial charge is 0.463 e. The van der Waals surface area contributed by atoms with Crippen molar-refractivity contribution in [3.05, 3.63) is 113 Å². The van der Waals surface area contributed by atoms with Gasteiger partial charge in [0.05, 0.1) is 28.5 Å². The minimum Gasteiger partial charge on any atom is -0.463 e. The number of halogens is 1. The number of thiazole rings is 1. The first-order valence-electron chi connectivity index (χ1n) is 11.1. The number of esters is 1. The van der Waals surface area contributed by atoms with Gasteiger partial charge in [0.25, 0.3) is 5.56 Å². The molecule has 0 unspecified atom stereocenters. The van der Waals surface area contributed by atoms with Gasteiger partial charge < -0.3 is 9.15 Å². The molecular formula is C27H21BrN2O4S. The highest BCUT2D eigenvalue weighted by Gasteiger charge is 2.33. The van der Waals surface area contributed by atoms with E-state index in [0.717, 1.165) is 15.6 Å². The smallest absolute Gasteiger partial charge is 0.338 e. The molecule has 0 spiro atoms. The van der Waals surface area contributed by atoms with Gasteiger partial charge in [-0.25, -0.2) is 9.79 Å². The maximum Gasteiger partial charge on any atom is 0.338 e. The number of fused-ring (bicyclic) bond motifs is 1. The normalized spacial score (nSPS) is 15.6. The van der Waals surface area contributed by atoms with Crippen LogP contribution in [0, 0.1) is 0 Å². The zero-order valence-corrected chi connectivity index (χ0v) is 21.4. The lowest BCUT2D eigenvalue weighted by Crippen LogP contribution is -2.39. The molecule has 5 rings (SSSR count). The van der Waals surface area contributed by atoms with E-state index >= 15 is 0 Å².